The fraction of sp³-hybridized carbons (Fsp3) is 0. The summed E-state index contributed by atoms with van der Waals surface area (Å²) in [4.78, 5) is 2.35. The minimum Gasteiger partial charge on any atom is -0.456 e. The highest BCUT2D eigenvalue weighted by Gasteiger charge is 2.23. The third-order valence-corrected chi connectivity index (χ3v) is 9.50. The van der Waals surface area contributed by atoms with Gasteiger partial charge in [-0.3, -0.25) is 0 Å². The zero-order chi connectivity index (χ0) is 33.3. The van der Waals surface area contributed by atoms with Crippen molar-refractivity contribution in [1.82, 2.24) is 0 Å². The summed E-state index contributed by atoms with van der Waals surface area (Å²) >= 11 is 0. The van der Waals surface area contributed by atoms with Gasteiger partial charge in [0.05, 0.1) is 5.69 Å². The van der Waals surface area contributed by atoms with Crippen molar-refractivity contribution in [3.8, 4) is 44.5 Å². The maximum absolute atomic E-state index is 6.40. The van der Waals surface area contributed by atoms with Crippen LogP contribution in [0.4, 0.5) is 17.1 Å². The summed E-state index contributed by atoms with van der Waals surface area (Å²) in [6.45, 7) is 0. The van der Waals surface area contributed by atoms with Crippen LogP contribution in [0, 0.1) is 0 Å². The first-order valence-electron chi connectivity index (χ1n) is 17.0. The lowest BCUT2D eigenvalue weighted by Crippen LogP contribution is -2.11. The van der Waals surface area contributed by atoms with Crippen LogP contribution in [-0.4, -0.2) is 0 Å². The molecule has 2 heteroatoms. The summed E-state index contributed by atoms with van der Waals surface area (Å²) in [7, 11) is 0. The van der Waals surface area contributed by atoms with E-state index in [1.165, 1.54) is 33.4 Å². The number of nitrogens with zero attached hydrogens (tertiary/aromatic N) is 1. The molecular formula is C48H33NO. The summed E-state index contributed by atoms with van der Waals surface area (Å²) in [5.74, 6) is 0. The van der Waals surface area contributed by atoms with Crippen LogP contribution in [0.1, 0.15) is 0 Å². The Labute approximate surface area is 292 Å². The van der Waals surface area contributed by atoms with E-state index in [0.29, 0.717) is 0 Å². The molecule has 0 atom stereocenters. The van der Waals surface area contributed by atoms with E-state index in [4.69, 9.17) is 4.42 Å². The van der Waals surface area contributed by atoms with Crippen molar-refractivity contribution < 1.29 is 4.42 Å². The molecule has 0 fully saturated rings. The molecule has 9 aromatic rings. The minimum absolute atomic E-state index is 0.866. The number of hydrogen-bond acceptors (Lipinski definition) is 2. The van der Waals surface area contributed by atoms with E-state index in [-0.39, 0.29) is 0 Å². The van der Waals surface area contributed by atoms with E-state index in [1.807, 2.05) is 12.1 Å². The molecule has 236 valence electrons. The Balaban J connectivity index is 1.31. The van der Waals surface area contributed by atoms with E-state index < -0.39 is 0 Å². The van der Waals surface area contributed by atoms with Crippen molar-refractivity contribution in [2.45, 2.75) is 0 Å². The largest absolute Gasteiger partial charge is 0.456 e. The first-order valence-corrected chi connectivity index (χ1v) is 17.0. The van der Waals surface area contributed by atoms with E-state index >= 15 is 0 Å². The van der Waals surface area contributed by atoms with Gasteiger partial charge in [0.1, 0.15) is 11.2 Å². The third-order valence-electron chi connectivity index (χ3n) is 9.50. The third kappa shape index (κ3) is 5.24. The molecule has 0 spiro atoms. The molecule has 0 aliphatic heterocycles. The molecule has 50 heavy (non-hydrogen) atoms. The number of rotatable bonds is 7. The average molecular weight is 640 g/mol. The van der Waals surface area contributed by atoms with E-state index in [9.17, 15) is 0 Å². The van der Waals surface area contributed by atoms with Gasteiger partial charge >= 0.3 is 0 Å². The molecule has 0 aliphatic rings. The highest BCUT2D eigenvalue weighted by atomic mass is 16.3. The predicted octanol–water partition coefficient (Wildman–Crippen LogP) is 13.7. The monoisotopic (exact) mass is 639 g/mol. The van der Waals surface area contributed by atoms with Crippen molar-refractivity contribution in [3.05, 3.63) is 200 Å². The molecule has 0 aliphatic carbocycles. The summed E-state index contributed by atoms with van der Waals surface area (Å²) in [6, 6.07) is 71.1. The van der Waals surface area contributed by atoms with Gasteiger partial charge in [-0.15, -0.1) is 0 Å². The molecule has 0 saturated carbocycles. The lowest BCUT2D eigenvalue weighted by Gasteiger charge is -2.29. The molecule has 1 aromatic heterocycles. The van der Waals surface area contributed by atoms with Crippen molar-refractivity contribution in [3.63, 3.8) is 0 Å². The summed E-state index contributed by atoms with van der Waals surface area (Å²) in [5.41, 5.74) is 14.4. The van der Waals surface area contributed by atoms with Gasteiger partial charge in [0.25, 0.3) is 0 Å². The molecular weight excluding hydrogens is 607 g/mol. The van der Waals surface area contributed by atoms with Gasteiger partial charge < -0.3 is 9.32 Å². The van der Waals surface area contributed by atoms with Crippen molar-refractivity contribution in [2.24, 2.45) is 0 Å². The van der Waals surface area contributed by atoms with E-state index in [0.717, 1.165) is 50.1 Å². The van der Waals surface area contributed by atoms with Crippen molar-refractivity contribution in [1.29, 1.82) is 0 Å². The summed E-state index contributed by atoms with van der Waals surface area (Å²) in [5, 5.41) is 2.24. The Hall–Kier alpha value is -6.64. The Bertz CT molecular complexity index is 2590. The first kappa shape index (κ1) is 29.5. The second-order valence-electron chi connectivity index (χ2n) is 12.5. The van der Waals surface area contributed by atoms with Crippen LogP contribution in [0.5, 0.6) is 0 Å². The number of hydrogen-bond donors (Lipinski definition) is 0. The van der Waals surface area contributed by atoms with Gasteiger partial charge in [-0.1, -0.05) is 158 Å². The number of fused-ring (bicyclic) bond motifs is 3. The Kier molecular flexibility index (Phi) is 7.53. The molecule has 0 bridgehead atoms. The van der Waals surface area contributed by atoms with Gasteiger partial charge in [-0.05, 0) is 75.3 Å². The van der Waals surface area contributed by atoms with Crippen molar-refractivity contribution >= 4 is 39.0 Å². The SMILES string of the molecule is c1ccc(-c2ccccc2-c2c(-c3ccccc3)cccc2-c2ccccc2N(c2ccccc2)c2ccc3c(c2)oc2ccccc23)cc1. The Morgan fingerprint density at radius 2 is 0.860 bits per heavy atom. The predicted molar refractivity (Wildman–Crippen MR) is 210 cm³/mol. The van der Waals surface area contributed by atoms with Crippen LogP contribution in [0.2, 0.25) is 0 Å². The molecule has 0 radical (unpaired) electrons. The molecule has 9 rings (SSSR count). The van der Waals surface area contributed by atoms with Crippen LogP contribution in [0.15, 0.2) is 205 Å². The smallest absolute Gasteiger partial charge is 0.137 e. The Morgan fingerprint density at radius 3 is 1.62 bits per heavy atom. The second kappa shape index (κ2) is 12.8. The number of benzene rings is 8. The normalized spacial score (nSPS) is 11.2. The van der Waals surface area contributed by atoms with Gasteiger partial charge in [0.2, 0.25) is 0 Å². The standard InChI is InChI=1S/C48H33NO/c1-4-17-34(18-5-1)38-23-10-11-26-43(38)48-39(35-19-6-2-7-20-35)27-16-28-44(48)40-24-12-14-29-45(40)49(36-21-8-3-9-22-36)37-31-32-42-41-25-13-15-30-46(41)50-47(42)33-37/h1-33H. The Morgan fingerprint density at radius 1 is 0.320 bits per heavy atom. The number of anilines is 3. The quantitative estimate of drug-likeness (QED) is 0.173. The lowest BCUT2D eigenvalue weighted by molar-refractivity contribution is 0.669. The van der Waals surface area contributed by atoms with E-state index in [1.54, 1.807) is 0 Å². The molecule has 0 N–H and O–H groups in total. The fourth-order valence-corrected chi connectivity index (χ4v) is 7.25. The molecule has 2 nitrogen and oxygen atoms in total. The van der Waals surface area contributed by atoms with E-state index in [2.05, 4.69) is 193 Å². The topological polar surface area (TPSA) is 16.4 Å². The molecule has 0 amide bonds. The maximum Gasteiger partial charge on any atom is 0.137 e. The zero-order valence-corrected chi connectivity index (χ0v) is 27.4. The molecule has 8 aromatic carbocycles. The molecule has 1 heterocycles. The number of furan rings is 1. The fourth-order valence-electron chi connectivity index (χ4n) is 7.25. The van der Waals surface area contributed by atoms with Crippen LogP contribution in [0.3, 0.4) is 0 Å². The van der Waals surface area contributed by atoms with Crippen LogP contribution in [-0.2, 0) is 0 Å². The van der Waals surface area contributed by atoms with Crippen LogP contribution >= 0.6 is 0 Å². The van der Waals surface area contributed by atoms with Crippen LogP contribution in [0.25, 0.3) is 66.4 Å². The average Bonchev–Trinajstić information content (AvgIpc) is 3.57. The maximum atomic E-state index is 6.40. The van der Waals surface area contributed by atoms with Gasteiger partial charge in [-0.2, -0.15) is 0 Å². The highest BCUT2D eigenvalue weighted by molar-refractivity contribution is 6.07. The number of para-hydroxylation sites is 3. The van der Waals surface area contributed by atoms with Gasteiger partial charge in [0, 0.05) is 33.8 Å². The summed E-state index contributed by atoms with van der Waals surface area (Å²) < 4.78 is 6.40. The first-order chi connectivity index (χ1) is 24.8. The van der Waals surface area contributed by atoms with Gasteiger partial charge in [-0.25, -0.2) is 0 Å². The molecule has 0 unspecified atom stereocenters. The zero-order valence-electron chi connectivity index (χ0n) is 27.4. The summed E-state index contributed by atoms with van der Waals surface area (Å²) in [6.07, 6.45) is 0. The van der Waals surface area contributed by atoms with Crippen LogP contribution < -0.4 is 4.90 Å². The van der Waals surface area contributed by atoms with Gasteiger partial charge in [0.15, 0.2) is 0 Å². The highest BCUT2D eigenvalue weighted by Crippen LogP contribution is 2.48. The van der Waals surface area contributed by atoms with Crippen molar-refractivity contribution in [2.75, 3.05) is 4.90 Å². The minimum atomic E-state index is 0.866. The molecule has 0 saturated heterocycles. The lowest BCUT2D eigenvalue weighted by atomic mass is 9.84. The second-order valence-corrected chi connectivity index (χ2v) is 12.5.